The lowest BCUT2D eigenvalue weighted by Crippen LogP contribution is -2.58. The van der Waals surface area contributed by atoms with Gasteiger partial charge in [0, 0.05) is 11.8 Å². The number of rotatable bonds is 3. The standard InChI is InChI=1S/C23H38O8/c1-7-17-11(2)8-9-16(24)12(3)10-13(4)21(14(5)22(28)30-17)31-23-20(27)19(26)18(25)15(6)29-23/h8-9,11-15,17-21,23,25-27H,7,10H2,1-6H3/b9-8+/t11-,12+,13-,14+,15+,17+,18+,19-,20+,21-,23-/m0/s1. The maximum Gasteiger partial charge on any atom is 0.311 e. The quantitative estimate of drug-likeness (QED) is 0.563. The monoisotopic (exact) mass is 442 g/mol. The van der Waals surface area contributed by atoms with Gasteiger partial charge in [-0.3, -0.25) is 9.59 Å². The van der Waals surface area contributed by atoms with E-state index in [-0.39, 0.29) is 29.6 Å². The molecule has 2 aliphatic rings. The maximum atomic E-state index is 13.0. The van der Waals surface area contributed by atoms with Crippen molar-refractivity contribution >= 4 is 11.8 Å². The highest BCUT2D eigenvalue weighted by Crippen LogP contribution is 2.31. The highest BCUT2D eigenvalue weighted by atomic mass is 16.7. The molecule has 0 aromatic carbocycles. The zero-order valence-corrected chi connectivity index (χ0v) is 19.3. The molecule has 178 valence electrons. The molecule has 0 spiro atoms. The number of ether oxygens (including phenoxy) is 3. The number of carbonyl (C=O) groups excluding carboxylic acids is 2. The molecule has 0 aliphatic carbocycles. The predicted molar refractivity (Wildman–Crippen MR) is 113 cm³/mol. The highest BCUT2D eigenvalue weighted by Gasteiger charge is 2.45. The Balaban J connectivity index is 2.31. The third-order valence-electron chi connectivity index (χ3n) is 6.56. The van der Waals surface area contributed by atoms with Gasteiger partial charge in [0.2, 0.25) is 0 Å². The molecule has 0 aromatic rings. The van der Waals surface area contributed by atoms with E-state index in [2.05, 4.69) is 0 Å². The number of cyclic esters (lactones) is 1. The smallest absolute Gasteiger partial charge is 0.311 e. The van der Waals surface area contributed by atoms with Crippen LogP contribution in [0.3, 0.4) is 0 Å². The van der Waals surface area contributed by atoms with E-state index in [9.17, 15) is 24.9 Å². The Morgan fingerprint density at radius 3 is 2.29 bits per heavy atom. The first-order chi connectivity index (χ1) is 14.5. The summed E-state index contributed by atoms with van der Waals surface area (Å²) in [5.41, 5.74) is 0. The molecule has 0 amide bonds. The van der Waals surface area contributed by atoms with Gasteiger partial charge in [-0.25, -0.2) is 0 Å². The second-order valence-electron chi connectivity index (χ2n) is 9.19. The first kappa shape index (κ1) is 25.9. The van der Waals surface area contributed by atoms with Gasteiger partial charge in [-0.2, -0.15) is 0 Å². The van der Waals surface area contributed by atoms with Gasteiger partial charge in [0.15, 0.2) is 12.1 Å². The van der Waals surface area contributed by atoms with Gasteiger partial charge in [-0.1, -0.05) is 33.8 Å². The first-order valence-electron chi connectivity index (χ1n) is 11.3. The zero-order valence-electron chi connectivity index (χ0n) is 19.3. The summed E-state index contributed by atoms with van der Waals surface area (Å²) in [4.78, 5) is 25.5. The molecule has 0 bridgehead atoms. The number of carbonyl (C=O) groups is 2. The molecule has 3 N–H and O–H groups in total. The van der Waals surface area contributed by atoms with Crippen molar-refractivity contribution in [2.45, 2.75) is 97.3 Å². The van der Waals surface area contributed by atoms with Crippen molar-refractivity contribution < 1.29 is 39.1 Å². The second kappa shape index (κ2) is 11.0. The van der Waals surface area contributed by atoms with Crippen molar-refractivity contribution in [3.8, 4) is 0 Å². The van der Waals surface area contributed by atoms with Gasteiger partial charge < -0.3 is 29.5 Å². The van der Waals surface area contributed by atoms with Crippen LogP contribution in [0.4, 0.5) is 0 Å². The van der Waals surface area contributed by atoms with Crippen molar-refractivity contribution in [3.63, 3.8) is 0 Å². The van der Waals surface area contributed by atoms with E-state index in [1.165, 1.54) is 0 Å². The minimum absolute atomic E-state index is 0.00651. The molecule has 0 aromatic heterocycles. The van der Waals surface area contributed by atoms with E-state index in [0.29, 0.717) is 12.8 Å². The van der Waals surface area contributed by atoms with Crippen molar-refractivity contribution in [3.05, 3.63) is 12.2 Å². The third-order valence-corrected chi connectivity index (χ3v) is 6.56. The summed E-state index contributed by atoms with van der Waals surface area (Å²) >= 11 is 0. The lowest BCUT2D eigenvalue weighted by atomic mass is 9.84. The van der Waals surface area contributed by atoms with Gasteiger partial charge in [0.1, 0.15) is 24.4 Å². The summed E-state index contributed by atoms with van der Waals surface area (Å²) in [6.07, 6.45) is -2.84. The minimum Gasteiger partial charge on any atom is -0.461 e. The molecule has 2 rings (SSSR count). The van der Waals surface area contributed by atoms with Crippen LogP contribution in [0.1, 0.15) is 54.4 Å². The Kier molecular flexibility index (Phi) is 9.21. The van der Waals surface area contributed by atoms with Crippen LogP contribution in [0.5, 0.6) is 0 Å². The van der Waals surface area contributed by atoms with E-state index in [4.69, 9.17) is 14.2 Å². The summed E-state index contributed by atoms with van der Waals surface area (Å²) in [7, 11) is 0. The molecule has 0 unspecified atom stereocenters. The number of esters is 1. The van der Waals surface area contributed by atoms with Crippen molar-refractivity contribution in [2.24, 2.45) is 23.7 Å². The van der Waals surface area contributed by atoms with Crippen LogP contribution in [0, 0.1) is 23.7 Å². The van der Waals surface area contributed by atoms with Crippen LogP contribution in [-0.4, -0.2) is 70.0 Å². The van der Waals surface area contributed by atoms with Crippen LogP contribution in [0.25, 0.3) is 0 Å². The van der Waals surface area contributed by atoms with Gasteiger partial charge >= 0.3 is 5.97 Å². The normalized spacial score (nSPS) is 46.5. The number of aliphatic hydroxyl groups excluding tert-OH is 3. The molecule has 8 nitrogen and oxygen atoms in total. The van der Waals surface area contributed by atoms with Crippen LogP contribution < -0.4 is 0 Å². The average Bonchev–Trinajstić information content (AvgIpc) is 2.73. The van der Waals surface area contributed by atoms with Gasteiger partial charge in [0.05, 0.1) is 18.1 Å². The lowest BCUT2D eigenvalue weighted by molar-refractivity contribution is -0.311. The molecule has 1 saturated heterocycles. The third kappa shape index (κ3) is 6.14. The molecular formula is C23H38O8. The van der Waals surface area contributed by atoms with Crippen molar-refractivity contribution in [2.75, 3.05) is 0 Å². The van der Waals surface area contributed by atoms with Crippen LogP contribution in [0.2, 0.25) is 0 Å². The Morgan fingerprint density at radius 2 is 1.68 bits per heavy atom. The summed E-state index contributed by atoms with van der Waals surface area (Å²) in [5.74, 6) is -1.78. The first-order valence-corrected chi connectivity index (χ1v) is 11.3. The average molecular weight is 443 g/mol. The summed E-state index contributed by atoms with van der Waals surface area (Å²) < 4.78 is 17.4. The SMILES string of the molecule is CC[C@H]1OC(=O)[C@H](C)[C@@H](O[C@@H]2O[C@H](C)[C@@H](O)[C@H](O)[C@H]2O)[C@@H](C)C[C@@H](C)C(=O)/C=C/[C@@H]1C. The summed E-state index contributed by atoms with van der Waals surface area (Å²) in [5, 5.41) is 30.4. The zero-order chi connectivity index (χ0) is 23.5. The van der Waals surface area contributed by atoms with E-state index in [1.807, 2.05) is 27.7 Å². The maximum absolute atomic E-state index is 13.0. The van der Waals surface area contributed by atoms with E-state index in [0.717, 1.165) is 0 Å². The Bertz CT molecular complexity index is 649. The number of hydrogen-bond acceptors (Lipinski definition) is 8. The fourth-order valence-electron chi connectivity index (χ4n) is 4.32. The molecule has 2 aliphatic heterocycles. The number of ketones is 1. The van der Waals surface area contributed by atoms with Crippen molar-refractivity contribution in [1.82, 2.24) is 0 Å². The van der Waals surface area contributed by atoms with E-state index in [1.54, 1.807) is 26.0 Å². The topological polar surface area (TPSA) is 123 Å². The number of aliphatic hydroxyl groups is 3. The fraction of sp³-hybridized carbons (Fsp3) is 0.826. The Hall–Kier alpha value is -1.32. The largest absolute Gasteiger partial charge is 0.461 e. The van der Waals surface area contributed by atoms with Crippen LogP contribution >= 0.6 is 0 Å². The van der Waals surface area contributed by atoms with Gasteiger partial charge in [-0.15, -0.1) is 0 Å². The summed E-state index contributed by atoms with van der Waals surface area (Å²) in [6, 6.07) is 0. The fourth-order valence-corrected chi connectivity index (χ4v) is 4.32. The summed E-state index contributed by atoms with van der Waals surface area (Å²) in [6.45, 7) is 10.8. The molecule has 2 heterocycles. The van der Waals surface area contributed by atoms with E-state index < -0.39 is 48.7 Å². The number of hydrogen-bond donors (Lipinski definition) is 3. The second-order valence-corrected chi connectivity index (χ2v) is 9.19. The molecule has 0 radical (unpaired) electrons. The van der Waals surface area contributed by atoms with Crippen LogP contribution in [-0.2, 0) is 23.8 Å². The molecule has 1 fully saturated rings. The van der Waals surface area contributed by atoms with Crippen LogP contribution in [0.15, 0.2) is 12.2 Å². The highest BCUT2D eigenvalue weighted by molar-refractivity contribution is 5.91. The molecule has 11 atom stereocenters. The number of allylic oxidation sites excluding steroid dienone is 1. The van der Waals surface area contributed by atoms with Crippen molar-refractivity contribution in [1.29, 1.82) is 0 Å². The van der Waals surface area contributed by atoms with Gasteiger partial charge in [-0.05, 0) is 38.7 Å². The molecule has 0 saturated carbocycles. The molecule has 31 heavy (non-hydrogen) atoms. The van der Waals surface area contributed by atoms with Gasteiger partial charge in [0.25, 0.3) is 0 Å². The predicted octanol–water partition coefficient (Wildman–Crippen LogP) is 1.59. The Labute approximate surface area is 184 Å². The molecule has 8 heteroatoms. The molecular weight excluding hydrogens is 404 g/mol. The lowest BCUT2D eigenvalue weighted by Gasteiger charge is -2.42. The van der Waals surface area contributed by atoms with E-state index >= 15 is 0 Å². The Morgan fingerprint density at radius 1 is 1.03 bits per heavy atom. The minimum atomic E-state index is -1.48.